The van der Waals surface area contributed by atoms with Crippen molar-refractivity contribution in [1.82, 2.24) is 10.2 Å². The first-order valence-corrected chi connectivity index (χ1v) is 11.6. The van der Waals surface area contributed by atoms with E-state index in [0.29, 0.717) is 18.8 Å². The van der Waals surface area contributed by atoms with Crippen molar-refractivity contribution in [2.24, 2.45) is 4.99 Å². The fourth-order valence-corrected chi connectivity index (χ4v) is 4.01. The zero-order valence-electron chi connectivity index (χ0n) is 19.6. The Kier molecular flexibility index (Phi) is 13.5. The van der Waals surface area contributed by atoms with Crippen LogP contribution >= 0.6 is 24.0 Å². The number of rotatable bonds is 10. The molecule has 3 rings (SSSR count). The summed E-state index contributed by atoms with van der Waals surface area (Å²) in [5.74, 6) is 0.963. The molecule has 0 atom stereocenters. The lowest BCUT2D eigenvalue weighted by Crippen LogP contribution is -2.46. The minimum absolute atomic E-state index is 0. The highest BCUT2D eigenvalue weighted by Crippen LogP contribution is 2.16. The van der Waals surface area contributed by atoms with Crippen molar-refractivity contribution in [3.63, 3.8) is 0 Å². The molecule has 2 aliphatic heterocycles. The summed E-state index contributed by atoms with van der Waals surface area (Å²) in [5, 5.41) is 3.51. The van der Waals surface area contributed by atoms with Crippen molar-refractivity contribution in [2.45, 2.75) is 57.5 Å². The average molecular weight is 562 g/mol. The Hall–Kier alpha value is -0.940. The molecule has 7 nitrogen and oxygen atoms in total. The Morgan fingerprint density at radius 2 is 1.66 bits per heavy atom. The first-order chi connectivity index (χ1) is 15.3. The molecule has 0 saturated carbocycles. The fourth-order valence-electron chi connectivity index (χ4n) is 4.01. The van der Waals surface area contributed by atoms with E-state index in [1.54, 1.807) is 7.11 Å². The van der Waals surface area contributed by atoms with Crippen LogP contribution in [-0.4, -0.2) is 76.7 Å². The molecular weight excluding hydrogens is 521 g/mol. The second-order valence-corrected chi connectivity index (χ2v) is 8.24. The molecule has 0 spiro atoms. The largest absolute Gasteiger partial charge is 0.385 e. The van der Waals surface area contributed by atoms with Crippen LogP contribution in [0.15, 0.2) is 29.3 Å². The molecule has 2 fully saturated rings. The van der Waals surface area contributed by atoms with E-state index in [1.165, 1.54) is 11.1 Å². The van der Waals surface area contributed by atoms with E-state index in [1.807, 2.05) is 7.05 Å². The summed E-state index contributed by atoms with van der Waals surface area (Å²) in [4.78, 5) is 6.81. The Balaban J connectivity index is 0.00000363. The number of ether oxygens (including phenoxy) is 4. The maximum atomic E-state index is 6.01. The number of likely N-dealkylation sites (tertiary alicyclic amines) is 1. The van der Waals surface area contributed by atoms with Gasteiger partial charge < -0.3 is 29.2 Å². The zero-order valence-corrected chi connectivity index (χ0v) is 21.9. The maximum Gasteiger partial charge on any atom is 0.193 e. The number of hydrogen-bond donors (Lipinski definition) is 1. The van der Waals surface area contributed by atoms with Gasteiger partial charge in [0.15, 0.2) is 5.96 Å². The third-order valence-electron chi connectivity index (χ3n) is 5.93. The van der Waals surface area contributed by atoms with E-state index in [-0.39, 0.29) is 24.0 Å². The number of halogens is 1. The molecule has 1 aromatic rings. The summed E-state index contributed by atoms with van der Waals surface area (Å²) in [6, 6.07) is 8.66. The molecule has 2 saturated heterocycles. The highest BCUT2D eigenvalue weighted by molar-refractivity contribution is 14.0. The van der Waals surface area contributed by atoms with Gasteiger partial charge in [-0.05, 0) is 43.2 Å². The van der Waals surface area contributed by atoms with Gasteiger partial charge in [-0.15, -0.1) is 24.0 Å². The van der Waals surface area contributed by atoms with Gasteiger partial charge in [-0.3, -0.25) is 4.99 Å². The molecule has 8 heteroatoms. The summed E-state index contributed by atoms with van der Waals surface area (Å²) >= 11 is 0. The molecule has 1 aromatic carbocycles. The van der Waals surface area contributed by atoms with Gasteiger partial charge in [-0.25, -0.2) is 0 Å². The van der Waals surface area contributed by atoms with E-state index in [2.05, 4.69) is 39.5 Å². The van der Waals surface area contributed by atoms with Crippen molar-refractivity contribution in [1.29, 1.82) is 0 Å². The van der Waals surface area contributed by atoms with Gasteiger partial charge in [0, 0.05) is 60.2 Å². The lowest BCUT2D eigenvalue weighted by atomic mass is 10.1. The molecule has 0 radical (unpaired) electrons. The summed E-state index contributed by atoms with van der Waals surface area (Å²) < 4.78 is 22.4. The molecule has 0 bridgehead atoms. The van der Waals surface area contributed by atoms with Crippen LogP contribution < -0.4 is 5.32 Å². The number of nitrogens with one attached hydrogen (secondary N) is 1. The molecule has 1 N–H and O–H groups in total. The molecule has 0 amide bonds. The van der Waals surface area contributed by atoms with Gasteiger partial charge in [-0.1, -0.05) is 24.3 Å². The van der Waals surface area contributed by atoms with Crippen molar-refractivity contribution < 1.29 is 18.9 Å². The van der Waals surface area contributed by atoms with Crippen LogP contribution in [-0.2, 0) is 32.1 Å². The lowest BCUT2D eigenvalue weighted by molar-refractivity contribution is -0.0390. The predicted molar refractivity (Wildman–Crippen MR) is 138 cm³/mol. The number of methoxy groups -OCH3 is 1. The monoisotopic (exact) mass is 561 g/mol. The number of guanidine groups is 1. The quantitative estimate of drug-likeness (QED) is 0.204. The van der Waals surface area contributed by atoms with Gasteiger partial charge in [0.1, 0.15) is 0 Å². The second kappa shape index (κ2) is 15.8. The third-order valence-corrected chi connectivity index (χ3v) is 5.93. The normalized spacial score (nSPS) is 18.4. The highest BCUT2D eigenvalue weighted by atomic mass is 127. The SMILES string of the molecule is CN=C(NCc1ccc(COC2CCOCC2)cc1)N1CCC(OCCCOC)CC1.I. The van der Waals surface area contributed by atoms with Crippen LogP contribution in [0.5, 0.6) is 0 Å². The summed E-state index contributed by atoms with van der Waals surface area (Å²) in [7, 11) is 3.58. The van der Waals surface area contributed by atoms with E-state index < -0.39 is 0 Å². The van der Waals surface area contributed by atoms with Gasteiger partial charge >= 0.3 is 0 Å². The number of hydrogen-bond acceptors (Lipinski definition) is 5. The standard InChI is InChI=1S/C24H39N3O4.HI/c1-25-24(27-12-8-22(9-13-27)30-15-3-14-28-2)26-18-20-4-6-21(7-5-20)19-31-23-10-16-29-17-11-23;/h4-7,22-23H,3,8-19H2,1-2H3,(H,25,26);1H. The molecule has 0 unspecified atom stereocenters. The maximum absolute atomic E-state index is 6.01. The average Bonchev–Trinajstić information content (AvgIpc) is 2.83. The van der Waals surface area contributed by atoms with Crippen LogP contribution in [0.2, 0.25) is 0 Å². The Labute approximate surface area is 210 Å². The number of aliphatic imine (C=N–C) groups is 1. The number of piperidine rings is 1. The zero-order chi connectivity index (χ0) is 21.7. The number of benzene rings is 1. The first kappa shape index (κ1) is 27.3. The van der Waals surface area contributed by atoms with E-state index in [9.17, 15) is 0 Å². The van der Waals surface area contributed by atoms with Crippen LogP contribution in [0.4, 0.5) is 0 Å². The Morgan fingerprint density at radius 3 is 2.31 bits per heavy atom. The minimum atomic E-state index is 0. The van der Waals surface area contributed by atoms with Crippen molar-refractivity contribution >= 4 is 29.9 Å². The van der Waals surface area contributed by atoms with Gasteiger partial charge in [0.2, 0.25) is 0 Å². The van der Waals surface area contributed by atoms with Crippen LogP contribution in [0.1, 0.15) is 43.2 Å². The summed E-state index contributed by atoms with van der Waals surface area (Å²) in [5.41, 5.74) is 2.46. The fraction of sp³-hybridized carbons (Fsp3) is 0.708. The van der Waals surface area contributed by atoms with Crippen molar-refractivity contribution in [3.8, 4) is 0 Å². The molecule has 0 aliphatic carbocycles. The van der Waals surface area contributed by atoms with Crippen molar-refractivity contribution in [3.05, 3.63) is 35.4 Å². The van der Waals surface area contributed by atoms with E-state index >= 15 is 0 Å². The third kappa shape index (κ3) is 9.51. The van der Waals surface area contributed by atoms with Crippen molar-refractivity contribution in [2.75, 3.05) is 53.7 Å². The molecule has 0 aromatic heterocycles. The molecular formula is C24H40IN3O4. The smallest absolute Gasteiger partial charge is 0.193 e. The predicted octanol–water partition coefficient (Wildman–Crippen LogP) is 3.59. The van der Waals surface area contributed by atoms with Crippen LogP contribution in [0, 0.1) is 0 Å². The van der Waals surface area contributed by atoms with Gasteiger partial charge in [-0.2, -0.15) is 0 Å². The van der Waals surface area contributed by atoms with Gasteiger partial charge in [0.05, 0.1) is 18.8 Å². The Morgan fingerprint density at radius 1 is 1.00 bits per heavy atom. The molecule has 2 aliphatic rings. The van der Waals surface area contributed by atoms with E-state index in [4.69, 9.17) is 18.9 Å². The van der Waals surface area contributed by atoms with E-state index in [0.717, 1.165) is 84.1 Å². The molecule has 32 heavy (non-hydrogen) atoms. The molecule has 2 heterocycles. The summed E-state index contributed by atoms with van der Waals surface area (Å²) in [6.45, 7) is 6.55. The second-order valence-electron chi connectivity index (χ2n) is 8.24. The highest BCUT2D eigenvalue weighted by Gasteiger charge is 2.21. The van der Waals surface area contributed by atoms with Crippen LogP contribution in [0.3, 0.4) is 0 Å². The Bertz CT molecular complexity index is 645. The first-order valence-electron chi connectivity index (χ1n) is 11.6. The van der Waals surface area contributed by atoms with Crippen LogP contribution in [0.25, 0.3) is 0 Å². The van der Waals surface area contributed by atoms with Gasteiger partial charge in [0.25, 0.3) is 0 Å². The molecule has 182 valence electrons. The number of nitrogens with zero attached hydrogens (tertiary/aromatic N) is 2. The minimum Gasteiger partial charge on any atom is -0.385 e. The summed E-state index contributed by atoms with van der Waals surface area (Å²) in [6.07, 6.45) is 5.71. The topological polar surface area (TPSA) is 64.6 Å². The lowest BCUT2D eigenvalue weighted by Gasteiger charge is -2.34.